The van der Waals surface area contributed by atoms with Crippen LogP contribution in [0.1, 0.15) is 20.3 Å². The van der Waals surface area contributed by atoms with Gasteiger partial charge in [-0.25, -0.2) is 4.39 Å². The number of benzene rings is 1. The minimum atomic E-state index is -0.813. The predicted molar refractivity (Wildman–Crippen MR) is 68.1 cm³/mol. The summed E-state index contributed by atoms with van der Waals surface area (Å²) in [4.78, 5) is 25.2. The Hall–Kier alpha value is -1.91. The number of anilines is 1. The van der Waals surface area contributed by atoms with Gasteiger partial charge in [-0.3, -0.25) is 9.59 Å². The molecule has 1 unspecified atom stereocenters. The van der Waals surface area contributed by atoms with Crippen molar-refractivity contribution >= 4 is 17.6 Å². The van der Waals surface area contributed by atoms with E-state index in [-0.39, 0.29) is 18.0 Å². The molecule has 1 atom stereocenters. The van der Waals surface area contributed by atoms with Gasteiger partial charge in [0.15, 0.2) is 0 Å². The largest absolute Gasteiger partial charge is 0.469 e. The maximum absolute atomic E-state index is 13.9. The second-order valence-corrected chi connectivity index (χ2v) is 5.11. The molecule has 0 radical (unpaired) electrons. The number of carbonyl (C=O) groups is 2. The highest BCUT2D eigenvalue weighted by Gasteiger charge is 2.51. The number of hydrogen-bond acceptors (Lipinski definition) is 3. The molecule has 102 valence electrons. The minimum absolute atomic E-state index is 0.0357. The summed E-state index contributed by atoms with van der Waals surface area (Å²) in [6.45, 7) is 3.48. The van der Waals surface area contributed by atoms with Crippen LogP contribution >= 0.6 is 0 Å². The Morgan fingerprint density at radius 1 is 1.42 bits per heavy atom. The zero-order chi connectivity index (χ0) is 14.2. The average molecular weight is 265 g/mol. The fraction of sp³-hybridized carbons (Fsp3) is 0.429. The highest BCUT2D eigenvalue weighted by atomic mass is 19.1. The minimum Gasteiger partial charge on any atom is -0.469 e. The zero-order valence-electron chi connectivity index (χ0n) is 11.1. The van der Waals surface area contributed by atoms with Crippen molar-refractivity contribution < 1.29 is 18.7 Å². The van der Waals surface area contributed by atoms with Gasteiger partial charge in [0.1, 0.15) is 5.82 Å². The first-order valence-corrected chi connectivity index (χ1v) is 6.05. The van der Waals surface area contributed by atoms with Crippen molar-refractivity contribution in [2.45, 2.75) is 25.8 Å². The summed E-state index contributed by atoms with van der Waals surface area (Å²) in [7, 11) is 1.29. The monoisotopic (exact) mass is 265 g/mol. The van der Waals surface area contributed by atoms with Gasteiger partial charge in [0.2, 0.25) is 5.91 Å². The maximum atomic E-state index is 13.9. The lowest BCUT2D eigenvalue weighted by Crippen LogP contribution is -2.47. The molecule has 1 aliphatic heterocycles. The molecule has 0 aliphatic carbocycles. The summed E-state index contributed by atoms with van der Waals surface area (Å²) >= 11 is 0. The summed E-state index contributed by atoms with van der Waals surface area (Å²) in [5.74, 6) is -1.79. The van der Waals surface area contributed by atoms with Gasteiger partial charge < -0.3 is 9.64 Å². The normalized spacial score (nSPS) is 21.6. The molecule has 0 spiro atoms. The molecule has 1 aliphatic rings. The fourth-order valence-corrected chi connectivity index (χ4v) is 2.58. The van der Waals surface area contributed by atoms with E-state index in [0.29, 0.717) is 0 Å². The standard InChI is InChI=1S/C14H16FNO3/c1-14(2)9(13(18)19-3)8-12(17)16(14)11-7-5-4-6-10(11)15/h4-7,9H,8H2,1-3H3. The number of esters is 1. The van der Waals surface area contributed by atoms with Crippen molar-refractivity contribution in [1.29, 1.82) is 0 Å². The van der Waals surface area contributed by atoms with Crippen molar-refractivity contribution in [3.05, 3.63) is 30.1 Å². The molecule has 0 saturated carbocycles. The Kier molecular flexibility index (Phi) is 3.30. The molecule has 0 bridgehead atoms. The topological polar surface area (TPSA) is 46.6 Å². The third-order valence-corrected chi connectivity index (χ3v) is 3.64. The van der Waals surface area contributed by atoms with Gasteiger partial charge >= 0.3 is 5.97 Å². The Labute approximate surface area is 111 Å². The molecule has 19 heavy (non-hydrogen) atoms. The van der Waals surface area contributed by atoms with Crippen LogP contribution in [0.2, 0.25) is 0 Å². The third-order valence-electron chi connectivity index (χ3n) is 3.64. The van der Waals surface area contributed by atoms with E-state index in [0.717, 1.165) is 0 Å². The van der Waals surface area contributed by atoms with Gasteiger partial charge in [0.05, 0.1) is 24.3 Å². The molecule has 4 nitrogen and oxygen atoms in total. The molecule has 1 amide bonds. The van der Waals surface area contributed by atoms with Crippen molar-refractivity contribution in [2.24, 2.45) is 5.92 Å². The smallest absolute Gasteiger partial charge is 0.311 e. The number of ether oxygens (including phenoxy) is 1. The SMILES string of the molecule is COC(=O)C1CC(=O)N(c2ccccc2F)C1(C)C. The lowest BCUT2D eigenvalue weighted by atomic mass is 9.88. The van der Waals surface area contributed by atoms with Crippen LogP contribution in [0.25, 0.3) is 0 Å². The lowest BCUT2D eigenvalue weighted by molar-refractivity contribution is -0.147. The summed E-state index contributed by atoms with van der Waals surface area (Å²) in [5, 5.41) is 0. The van der Waals surface area contributed by atoms with Crippen molar-refractivity contribution in [1.82, 2.24) is 0 Å². The van der Waals surface area contributed by atoms with Crippen molar-refractivity contribution in [3.63, 3.8) is 0 Å². The van der Waals surface area contributed by atoms with E-state index >= 15 is 0 Å². The van der Waals surface area contributed by atoms with E-state index in [2.05, 4.69) is 0 Å². The first-order valence-electron chi connectivity index (χ1n) is 6.05. The molecule has 1 saturated heterocycles. The molecule has 0 aromatic heterocycles. The second kappa shape index (κ2) is 4.64. The van der Waals surface area contributed by atoms with Gasteiger partial charge in [-0.2, -0.15) is 0 Å². The van der Waals surface area contributed by atoms with Crippen LogP contribution in [-0.4, -0.2) is 24.5 Å². The van der Waals surface area contributed by atoms with E-state index in [1.54, 1.807) is 26.0 Å². The molecule has 1 aromatic carbocycles. The third kappa shape index (κ3) is 2.09. The number of hydrogen-bond donors (Lipinski definition) is 0. The van der Waals surface area contributed by atoms with Crippen LogP contribution in [0.5, 0.6) is 0 Å². The van der Waals surface area contributed by atoms with E-state index in [1.807, 2.05) is 0 Å². The highest BCUT2D eigenvalue weighted by Crippen LogP contribution is 2.40. The molecule has 1 fully saturated rings. The summed E-state index contributed by atoms with van der Waals surface area (Å²) in [5.41, 5.74) is -0.615. The first kappa shape index (κ1) is 13.5. The number of amides is 1. The Morgan fingerprint density at radius 2 is 2.05 bits per heavy atom. The number of para-hydroxylation sites is 1. The van der Waals surface area contributed by atoms with Crippen molar-refractivity contribution in [3.8, 4) is 0 Å². The molecular weight excluding hydrogens is 249 g/mol. The van der Waals surface area contributed by atoms with Gasteiger partial charge in [0.25, 0.3) is 0 Å². The van der Waals surface area contributed by atoms with E-state index in [4.69, 9.17) is 4.74 Å². The number of halogens is 1. The Bertz CT molecular complexity index is 527. The molecule has 1 heterocycles. The summed E-state index contributed by atoms with van der Waals surface area (Å²) in [6, 6.07) is 6.05. The van der Waals surface area contributed by atoms with Crippen LogP contribution in [0, 0.1) is 11.7 Å². The number of carbonyl (C=O) groups excluding carboxylic acids is 2. The number of rotatable bonds is 2. The van der Waals surface area contributed by atoms with Gasteiger partial charge in [-0.15, -0.1) is 0 Å². The van der Waals surface area contributed by atoms with E-state index < -0.39 is 23.2 Å². The molecular formula is C14H16FNO3. The van der Waals surface area contributed by atoms with Crippen LogP contribution in [0.4, 0.5) is 10.1 Å². The Morgan fingerprint density at radius 3 is 2.63 bits per heavy atom. The van der Waals surface area contributed by atoms with Crippen LogP contribution in [0.3, 0.4) is 0 Å². The van der Waals surface area contributed by atoms with Crippen LogP contribution in [-0.2, 0) is 14.3 Å². The maximum Gasteiger partial charge on any atom is 0.311 e. The lowest BCUT2D eigenvalue weighted by Gasteiger charge is -2.34. The number of nitrogens with zero attached hydrogens (tertiary/aromatic N) is 1. The van der Waals surface area contributed by atoms with Gasteiger partial charge in [-0.05, 0) is 26.0 Å². The average Bonchev–Trinajstić information content (AvgIpc) is 2.60. The molecule has 0 N–H and O–H groups in total. The van der Waals surface area contributed by atoms with E-state index in [1.165, 1.54) is 24.1 Å². The van der Waals surface area contributed by atoms with Gasteiger partial charge in [-0.1, -0.05) is 12.1 Å². The summed E-state index contributed by atoms with van der Waals surface area (Å²) in [6.07, 6.45) is 0.0357. The Balaban J connectivity index is 2.45. The highest BCUT2D eigenvalue weighted by molar-refractivity contribution is 6.01. The molecule has 2 rings (SSSR count). The zero-order valence-corrected chi connectivity index (χ0v) is 11.1. The second-order valence-electron chi connectivity index (χ2n) is 5.11. The van der Waals surface area contributed by atoms with Crippen LogP contribution in [0.15, 0.2) is 24.3 Å². The first-order chi connectivity index (χ1) is 8.89. The summed E-state index contributed by atoms with van der Waals surface area (Å²) < 4.78 is 18.6. The molecule has 1 aromatic rings. The fourth-order valence-electron chi connectivity index (χ4n) is 2.58. The predicted octanol–water partition coefficient (Wildman–Crippen LogP) is 2.13. The number of methoxy groups -OCH3 is 1. The molecule has 5 heteroatoms. The van der Waals surface area contributed by atoms with Crippen molar-refractivity contribution in [2.75, 3.05) is 12.0 Å². The van der Waals surface area contributed by atoms with E-state index in [9.17, 15) is 14.0 Å². The van der Waals surface area contributed by atoms with Gasteiger partial charge in [0, 0.05) is 6.42 Å². The van der Waals surface area contributed by atoms with Crippen LogP contribution < -0.4 is 4.90 Å². The quantitative estimate of drug-likeness (QED) is 0.770.